The van der Waals surface area contributed by atoms with Crippen LogP contribution in [0.1, 0.15) is 18.1 Å². The zero-order valence-corrected chi connectivity index (χ0v) is 19.9. The van der Waals surface area contributed by atoms with Crippen LogP contribution in [0.15, 0.2) is 82.5 Å². The van der Waals surface area contributed by atoms with E-state index >= 15 is 0 Å². The Hall–Kier alpha value is -3.98. The molecule has 4 aromatic rings. The Bertz CT molecular complexity index is 1350. The minimum atomic E-state index is -0.518. The zero-order chi connectivity index (χ0) is 23.9. The summed E-state index contributed by atoms with van der Waals surface area (Å²) in [5, 5.41) is 17.5. The molecule has 1 N–H and O–H groups in total. The van der Waals surface area contributed by atoms with E-state index in [-0.39, 0.29) is 11.5 Å². The highest BCUT2D eigenvalue weighted by atomic mass is 79.9. The summed E-state index contributed by atoms with van der Waals surface area (Å²) >= 11 is 3.54. The van der Waals surface area contributed by atoms with E-state index in [1.807, 2.05) is 37.3 Å². The van der Waals surface area contributed by atoms with Crippen LogP contribution in [0.5, 0.6) is 11.5 Å². The number of pyridine rings is 1. The van der Waals surface area contributed by atoms with Crippen molar-refractivity contribution in [3.05, 3.63) is 98.6 Å². The Morgan fingerprint density at radius 1 is 1.09 bits per heavy atom. The van der Waals surface area contributed by atoms with Crippen molar-refractivity contribution in [1.29, 1.82) is 0 Å². The van der Waals surface area contributed by atoms with Gasteiger partial charge in [0.05, 0.1) is 17.7 Å². The number of rotatable bonds is 9. The number of anilines is 1. The van der Waals surface area contributed by atoms with Gasteiger partial charge in [-0.3, -0.25) is 15.5 Å². The summed E-state index contributed by atoms with van der Waals surface area (Å²) in [4.78, 5) is 14.6. The monoisotopic (exact) mass is 520 g/mol. The lowest BCUT2D eigenvalue weighted by Crippen LogP contribution is -2.02. The maximum absolute atomic E-state index is 11.1. The normalized spacial score (nSPS) is 11.0. The lowest BCUT2D eigenvalue weighted by Gasteiger charge is -2.15. The fraction of sp³-hybridized carbons (Fsp3) is 0.120. The van der Waals surface area contributed by atoms with E-state index in [2.05, 4.69) is 49.6 Å². The summed E-state index contributed by atoms with van der Waals surface area (Å²) in [5.41, 5.74) is 4.24. The Morgan fingerprint density at radius 2 is 1.88 bits per heavy atom. The number of fused-ring (bicyclic) bond motifs is 1. The summed E-state index contributed by atoms with van der Waals surface area (Å²) in [5.74, 6) is 1.21. The Balaban J connectivity index is 1.54. The minimum absolute atomic E-state index is 0.0555. The summed E-state index contributed by atoms with van der Waals surface area (Å²) in [6.45, 7) is 2.74. The fourth-order valence-corrected chi connectivity index (χ4v) is 3.82. The van der Waals surface area contributed by atoms with Gasteiger partial charge >= 0.3 is 5.69 Å². The standard InChI is InChI=1S/C25H21BrN4O4/c1-2-33-23-13-19(15-28-29-25-22(30(31)32)11-6-12-27-25)21(26)14-24(23)34-16-18-9-5-8-17-7-3-4-10-20(17)18/h3-15H,2,16H2,1H3,(H,27,29)/b28-15-. The van der Waals surface area contributed by atoms with Gasteiger partial charge in [0.15, 0.2) is 11.5 Å². The molecule has 0 bridgehead atoms. The number of benzene rings is 3. The molecule has 0 saturated heterocycles. The molecule has 34 heavy (non-hydrogen) atoms. The molecule has 0 aliphatic rings. The van der Waals surface area contributed by atoms with Crippen LogP contribution < -0.4 is 14.9 Å². The lowest BCUT2D eigenvalue weighted by atomic mass is 10.1. The largest absolute Gasteiger partial charge is 0.490 e. The number of hydrogen-bond donors (Lipinski definition) is 1. The number of hydrazone groups is 1. The van der Waals surface area contributed by atoms with Crippen molar-refractivity contribution in [2.45, 2.75) is 13.5 Å². The third-order valence-corrected chi connectivity index (χ3v) is 5.67. The molecule has 0 aliphatic carbocycles. The van der Waals surface area contributed by atoms with E-state index in [9.17, 15) is 10.1 Å². The van der Waals surface area contributed by atoms with E-state index in [1.165, 1.54) is 24.5 Å². The first-order valence-electron chi connectivity index (χ1n) is 10.5. The number of nitrogens with zero attached hydrogens (tertiary/aromatic N) is 3. The van der Waals surface area contributed by atoms with E-state index in [4.69, 9.17) is 9.47 Å². The van der Waals surface area contributed by atoms with Crippen molar-refractivity contribution in [2.24, 2.45) is 5.10 Å². The molecule has 0 spiro atoms. The average molecular weight is 521 g/mol. The highest BCUT2D eigenvalue weighted by Gasteiger charge is 2.14. The maximum atomic E-state index is 11.1. The quantitative estimate of drug-likeness (QED) is 0.157. The molecule has 1 aromatic heterocycles. The molecule has 8 nitrogen and oxygen atoms in total. The van der Waals surface area contributed by atoms with Gasteiger partial charge in [-0.1, -0.05) is 42.5 Å². The van der Waals surface area contributed by atoms with Crippen LogP contribution in [0.3, 0.4) is 0 Å². The smallest absolute Gasteiger partial charge is 0.313 e. The van der Waals surface area contributed by atoms with Gasteiger partial charge in [0.25, 0.3) is 0 Å². The van der Waals surface area contributed by atoms with Crippen LogP contribution in [0.2, 0.25) is 0 Å². The number of halogens is 1. The third-order valence-electron chi connectivity index (χ3n) is 4.98. The van der Waals surface area contributed by atoms with Crippen molar-refractivity contribution >= 4 is 44.4 Å². The molecular weight excluding hydrogens is 500 g/mol. The van der Waals surface area contributed by atoms with Crippen LogP contribution in [-0.2, 0) is 6.61 Å². The molecule has 4 rings (SSSR count). The number of aromatic nitrogens is 1. The second-order valence-electron chi connectivity index (χ2n) is 7.18. The molecular formula is C25H21BrN4O4. The van der Waals surface area contributed by atoms with Crippen molar-refractivity contribution < 1.29 is 14.4 Å². The highest BCUT2D eigenvalue weighted by Crippen LogP contribution is 2.34. The van der Waals surface area contributed by atoms with Crippen LogP contribution in [-0.4, -0.2) is 22.7 Å². The van der Waals surface area contributed by atoms with Crippen molar-refractivity contribution in [3.8, 4) is 11.5 Å². The van der Waals surface area contributed by atoms with E-state index in [1.54, 1.807) is 6.07 Å². The van der Waals surface area contributed by atoms with E-state index in [0.717, 1.165) is 20.8 Å². The predicted molar refractivity (Wildman–Crippen MR) is 136 cm³/mol. The van der Waals surface area contributed by atoms with Crippen molar-refractivity contribution in [3.63, 3.8) is 0 Å². The van der Waals surface area contributed by atoms with Crippen LogP contribution >= 0.6 is 15.9 Å². The molecule has 3 aromatic carbocycles. The summed E-state index contributed by atoms with van der Waals surface area (Å²) < 4.78 is 12.7. The van der Waals surface area contributed by atoms with Gasteiger partial charge in [0.2, 0.25) is 5.82 Å². The van der Waals surface area contributed by atoms with Gasteiger partial charge in [-0.25, -0.2) is 4.98 Å². The third kappa shape index (κ3) is 5.32. The molecule has 0 amide bonds. The van der Waals surface area contributed by atoms with Gasteiger partial charge in [-0.15, -0.1) is 0 Å². The van der Waals surface area contributed by atoms with Crippen LogP contribution in [0.4, 0.5) is 11.5 Å². The molecule has 9 heteroatoms. The lowest BCUT2D eigenvalue weighted by molar-refractivity contribution is -0.384. The Morgan fingerprint density at radius 3 is 2.71 bits per heavy atom. The zero-order valence-electron chi connectivity index (χ0n) is 18.3. The molecule has 0 radical (unpaired) electrons. The SMILES string of the molecule is CCOc1cc(/C=N\Nc2ncccc2[N+](=O)[O-])c(Br)cc1OCc1cccc2ccccc12. The minimum Gasteiger partial charge on any atom is -0.490 e. The molecule has 0 saturated carbocycles. The first kappa shape index (κ1) is 23.2. The highest BCUT2D eigenvalue weighted by molar-refractivity contribution is 9.10. The molecule has 0 fully saturated rings. The number of ether oxygens (including phenoxy) is 2. The second-order valence-corrected chi connectivity index (χ2v) is 8.03. The van der Waals surface area contributed by atoms with E-state index in [0.29, 0.717) is 30.3 Å². The predicted octanol–water partition coefficient (Wildman–Crippen LogP) is 6.33. The molecule has 1 heterocycles. The maximum Gasteiger partial charge on any atom is 0.313 e. The summed E-state index contributed by atoms with van der Waals surface area (Å²) in [6, 6.07) is 20.8. The number of nitro groups is 1. The molecule has 0 aliphatic heterocycles. The molecule has 0 atom stereocenters. The van der Waals surface area contributed by atoms with Crippen LogP contribution in [0.25, 0.3) is 10.8 Å². The van der Waals surface area contributed by atoms with Gasteiger partial charge in [-0.2, -0.15) is 5.10 Å². The molecule has 172 valence electrons. The Kier molecular flexibility index (Phi) is 7.34. The fourth-order valence-electron chi connectivity index (χ4n) is 3.40. The topological polar surface area (TPSA) is 98.9 Å². The second kappa shape index (κ2) is 10.8. The van der Waals surface area contributed by atoms with Gasteiger partial charge < -0.3 is 9.47 Å². The van der Waals surface area contributed by atoms with Crippen molar-refractivity contribution in [1.82, 2.24) is 4.98 Å². The van der Waals surface area contributed by atoms with Crippen molar-refractivity contribution in [2.75, 3.05) is 12.0 Å². The summed E-state index contributed by atoms with van der Waals surface area (Å²) in [6.07, 6.45) is 2.98. The average Bonchev–Trinajstić information content (AvgIpc) is 2.85. The van der Waals surface area contributed by atoms with E-state index < -0.39 is 4.92 Å². The summed E-state index contributed by atoms with van der Waals surface area (Å²) in [7, 11) is 0. The Labute approximate surface area is 204 Å². The first-order valence-corrected chi connectivity index (χ1v) is 11.3. The first-order chi connectivity index (χ1) is 16.6. The van der Waals surface area contributed by atoms with Gasteiger partial charge in [-0.05, 0) is 57.4 Å². The van der Waals surface area contributed by atoms with Crippen LogP contribution in [0, 0.1) is 10.1 Å². The van der Waals surface area contributed by atoms with Gasteiger partial charge in [0, 0.05) is 22.3 Å². The number of nitrogens with one attached hydrogen (secondary N) is 1. The van der Waals surface area contributed by atoms with Gasteiger partial charge in [0.1, 0.15) is 6.61 Å². The molecule has 0 unspecified atom stereocenters. The number of hydrogen-bond acceptors (Lipinski definition) is 7.